The molecule has 1 aliphatic carbocycles. The van der Waals surface area contributed by atoms with Crippen molar-refractivity contribution in [1.29, 1.82) is 0 Å². The lowest BCUT2D eigenvalue weighted by Gasteiger charge is -2.20. The fourth-order valence-corrected chi connectivity index (χ4v) is 4.09. The van der Waals surface area contributed by atoms with Crippen LogP contribution in [0.1, 0.15) is 58.3 Å². The smallest absolute Gasteiger partial charge is 0.306 e. The van der Waals surface area contributed by atoms with E-state index in [0.29, 0.717) is 13.0 Å². The van der Waals surface area contributed by atoms with Crippen molar-refractivity contribution in [3.05, 3.63) is 58.1 Å². The van der Waals surface area contributed by atoms with Crippen LogP contribution in [0.2, 0.25) is 0 Å². The second-order valence-corrected chi connectivity index (χ2v) is 7.26. The summed E-state index contributed by atoms with van der Waals surface area (Å²) in [6.45, 7) is 4.15. The highest BCUT2D eigenvalue weighted by Crippen LogP contribution is 2.35. The summed E-state index contributed by atoms with van der Waals surface area (Å²) in [7, 11) is 1.86. The van der Waals surface area contributed by atoms with Crippen LogP contribution >= 0.6 is 0 Å². The second kappa shape index (κ2) is 7.19. The maximum absolute atomic E-state index is 12.4. The summed E-state index contributed by atoms with van der Waals surface area (Å²) in [5.74, 6) is -0.282. The van der Waals surface area contributed by atoms with E-state index in [0.717, 1.165) is 45.3 Å². The van der Waals surface area contributed by atoms with Gasteiger partial charge in [0.1, 0.15) is 5.52 Å². The summed E-state index contributed by atoms with van der Waals surface area (Å²) >= 11 is 0. The number of rotatable bonds is 5. The first kappa shape index (κ1) is 18.3. The molecule has 0 N–H and O–H groups in total. The molecule has 0 bridgehead atoms. The first-order valence-electron chi connectivity index (χ1n) is 9.60. The molecule has 3 aromatic rings. The molecule has 0 saturated heterocycles. The van der Waals surface area contributed by atoms with Crippen molar-refractivity contribution in [3.63, 3.8) is 0 Å². The Morgan fingerprint density at radius 3 is 2.86 bits per heavy atom. The van der Waals surface area contributed by atoms with Crippen LogP contribution in [0.4, 0.5) is 0 Å². The molecule has 2 aromatic carbocycles. The van der Waals surface area contributed by atoms with Gasteiger partial charge in [0.25, 0.3) is 0 Å². The van der Waals surface area contributed by atoms with Gasteiger partial charge in [0.2, 0.25) is 0 Å². The van der Waals surface area contributed by atoms with Gasteiger partial charge in [-0.2, -0.15) is 0 Å². The molecule has 4 rings (SSSR count). The minimum atomic E-state index is -0.252. The van der Waals surface area contributed by atoms with Crippen LogP contribution in [-0.2, 0) is 23.0 Å². The van der Waals surface area contributed by atoms with Crippen LogP contribution in [-0.4, -0.2) is 33.4 Å². The number of aromatic nitrogens is 3. The number of nitrogens with zero attached hydrogens (tertiary/aromatic N) is 3. The zero-order valence-corrected chi connectivity index (χ0v) is 16.4. The number of fused-ring (bicyclic) bond motifs is 2. The Bertz CT molecular complexity index is 1080. The monoisotopic (exact) mass is 377 g/mol. The van der Waals surface area contributed by atoms with E-state index in [1.54, 1.807) is 11.6 Å². The lowest BCUT2D eigenvalue weighted by molar-refractivity contribution is -0.143. The van der Waals surface area contributed by atoms with Crippen molar-refractivity contribution >= 4 is 22.8 Å². The van der Waals surface area contributed by atoms with Gasteiger partial charge in [-0.15, -0.1) is 5.10 Å². The summed E-state index contributed by atoms with van der Waals surface area (Å²) in [5.41, 5.74) is 6.59. The van der Waals surface area contributed by atoms with E-state index >= 15 is 0 Å². The molecule has 6 nitrogen and oxygen atoms in total. The Morgan fingerprint density at radius 1 is 1.25 bits per heavy atom. The average Bonchev–Trinajstić information content (AvgIpc) is 3.24. The molecule has 0 aliphatic heterocycles. The molecular formula is C22H23N3O3. The van der Waals surface area contributed by atoms with E-state index in [-0.39, 0.29) is 24.1 Å². The van der Waals surface area contributed by atoms with Crippen LogP contribution in [0.5, 0.6) is 0 Å². The van der Waals surface area contributed by atoms with Gasteiger partial charge in [-0.05, 0) is 54.7 Å². The molecular weight excluding hydrogens is 354 g/mol. The quantitative estimate of drug-likeness (QED) is 0.636. The number of hydrogen-bond acceptors (Lipinski definition) is 5. The molecule has 28 heavy (non-hydrogen) atoms. The number of Topliss-reactive ketones (excluding diaryl/α,β-unsaturated/α-hetero) is 1. The van der Waals surface area contributed by atoms with Crippen LogP contribution in [0.3, 0.4) is 0 Å². The largest absolute Gasteiger partial charge is 0.466 e. The van der Waals surface area contributed by atoms with Crippen molar-refractivity contribution in [2.75, 3.05) is 6.61 Å². The number of ketones is 1. The van der Waals surface area contributed by atoms with Crippen molar-refractivity contribution in [2.45, 2.75) is 39.0 Å². The summed E-state index contributed by atoms with van der Waals surface area (Å²) < 4.78 is 6.96. The van der Waals surface area contributed by atoms with E-state index in [9.17, 15) is 9.59 Å². The number of carbonyl (C=O) groups is 2. The minimum Gasteiger partial charge on any atom is -0.466 e. The normalized spacial score (nSPS) is 14.3. The zero-order chi connectivity index (χ0) is 19.8. The highest BCUT2D eigenvalue weighted by molar-refractivity contribution is 6.00. The van der Waals surface area contributed by atoms with Crippen LogP contribution in [0.15, 0.2) is 30.3 Å². The molecule has 1 aliphatic rings. The van der Waals surface area contributed by atoms with Crippen molar-refractivity contribution in [3.8, 4) is 0 Å². The third-order valence-corrected chi connectivity index (χ3v) is 5.59. The molecule has 0 fully saturated rings. The van der Waals surface area contributed by atoms with Crippen molar-refractivity contribution < 1.29 is 14.3 Å². The fraction of sp³-hybridized carbons (Fsp3) is 0.364. The van der Waals surface area contributed by atoms with Gasteiger partial charge >= 0.3 is 5.97 Å². The molecule has 144 valence electrons. The topological polar surface area (TPSA) is 74.1 Å². The molecule has 0 saturated carbocycles. The van der Waals surface area contributed by atoms with Gasteiger partial charge < -0.3 is 4.74 Å². The maximum Gasteiger partial charge on any atom is 0.306 e. The third-order valence-electron chi connectivity index (χ3n) is 5.59. The number of hydrogen-bond donors (Lipinski definition) is 0. The Hall–Kier alpha value is -3.02. The molecule has 1 aromatic heterocycles. The molecule has 1 heterocycles. The molecule has 0 spiro atoms. The van der Waals surface area contributed by atoms with E-state index in [4.69, 9.17) is 4.74 Å². The van der Waals surface area contributed by atoms with Crippen molar-refractivity contribution in [2.24, 2.45) is 7.05 Å². The summed E-state index contributed by atoms with van der Waals surface area (Å²) in [4.78, 5) is 24.6. The average molecular weight is 377 g/mol. The number of esters is 1. The molecule has 0 unspecified atom stereocenters. The van der Waals surface area contributed by atoms with Crippen LogP contribution in [0, 0.1) is 6.92 Å². The third kappa shape index (κ3) is 3.09. The Labute approximate surface area is 163 Å². The predicted molar refractivity (Wildman–Crippen MR) is 105 cm³/mol. The number of ether oxygens (including phenoxy) is 1. The summed E-state index contributed by atoms with van der Waals surface area (Å²) in [6.07, 6.45) is 1.57. The van der Waals surface area contributed by atoms with Crippen molar-refractivity contribution in [1.82, 2.24) is 15.0 Å². The molecule has 0 amide bonds. The van der Waals surface area contributed by atoms with Gasteiger partial charge in [-0.1, -0.05) is 23.4 Å². The summed E-state index contributed by atoms with van der Waals surface area (Å²) in [5, 5.41) is 8.39. The van der Waals surface area contributed by atoms with E-state index in [1.807, 2.05) is 44.3 Å². The van der Waals surface area contributed by atoms with E-state index in [2.05, 4.69) is 10.3 Å². The van der Waals surface area contributed by atoms with Gasteiger partial charge in [0, 0.05) is 24.9 Å². The Morgan fingerprint density at radius 2 is 2.07 bits per heavy atom. The minimum absolute atomic E-state index is 0.174. The summed E-state index contributed by atoms with van der Waals surface area (Å²) in [6, 6.07) is 10.0. The number of carbonyl (C=O) groups excluding carboxylic acids is 2. The SMILES string of the molecule is CCOC(=O)C[C@@H](c1ccc2c(c1)C(=O)CC2)c1ccc2c(nnn2C)c1C. The number of aryl methyl sites for hydroxylation is 3. The lowest BCUT2D eigenvalue weighted by Crippen LogP contribution is -2.13. The van der Waals surface area contributed by atoms with Gasteiger partial charge in [0.05, 0.1) is 18.5 Å². The molecule has 6 heteroatoms. The zero-order valence-electron chi connectivity index (χ0n) is 16.4. The molecule has 0 radical (unpaired) electrons. The predicted octanol–water partition coefficient (Wildman–Crippen LogP) is 3.49. The molecule has 1 atom stereocenters. The van der Waals surface area contributed by atoms with E-state index in [1.165, 1.54) is 0 Å². The Kier molecular flexibility index (Phi) is 4.71. The van der Waals surface area contributed by atoms with Gasteiger partial charge in [-0.25, -0.2) is 4.68 Å². The van der Waals surface area contributed by atoms with Gasteiger partial charge in [-0.3, -0.25) is 9.59 Å². The van der Waals surface area contributed by atoms with Crippen LogP contribution in [0.25, 0.3) is 11.0 Å². The maximum atomic E-state index is 12.4. The standard InChI is InChI=1S/C22H23N3O3/c1-4-28-21(27)12-17(15-6-5-14-7-10-20(26)18(14)11-15)16-8-9-19-22(13(16)2)23-24-25(19)3/h5-6,8-9,11,17H,4,7,10,12H2,1-3H3/t17-/m0/s1. The highest BCUT2D eigenvalue weighted by Gasteiger charge is 2.26. The highest BCUT2D eigenvalue weighted by atomic mass is 16.5. The lowest BCUT2D eigenvalue weighted by atomic mass is 9.84. The number of benzene rings is 2. The van der Waals surface area contributed by atoms with Crippen LogP contribution < -0.4 is 0 Å². The second-order valence-electron chi connectivity index (χ2n) is 7.26. The first-order valence-corrected chi connectivity index (χ1v) is 9.60. The first-order chi connectivity index (χ1) is 13.5. The Balaban J connectivity index is 1.83. The fourth-order valence-electron chi connectivity index (χ4n) is 4.09. The van der Waals surface area contributed by atoms with Gasteiger partial charge in [0.15, 0.2) is 5.78 Å². The van der Waals surface area contributed by atoms with E-state index < -0.39 is 0 Å².